The first-order chi connectivity index (χ1) is 64.7. The zero-order valence-electron chi connectivity index (χ0n) is 79.2. The molecule has 28 atom stereocenters. The fourth-order valence-corrected chi connectivity index (χ4v) is 19.2. The Labute approximate surface area is 805 Å². The van der Waals surface area contributed by atoms with Gasteiger partial charge < -0.3 is 151 Å². The third-order valence-electron chi connectivity index (χ3n) is 24.6. The molecule has 0 radical (unpaired) electrons. The van der Waals surface area contributed by atoms with Crippen LogP contribution < -0.4 is 0 Å². The van der Waals surface area contributed by atoms with Crippen LogP contribution >= 0.6 is 48.2 Å². The third-order valence-corrected chi connectivity index (χ3v) is 27.3. The summed E-state index contributed by atoms with van der Waals surface area (Å²) < 4.78 is 142. The molecular formula is C92H128O40S4. The second-order valence-electron chi connectivity index (χ2n) is 35.5. The molecule has 4 aromatic rings. The second-order valence-corrected chi connectivity index (χ2v) is 38.6. The SMILES string of the molecule is CC[C@]1(C)OC2(OC3C(CO)OC(O)C(O)C3O2)C(OC(C)C)=C1c1ccc(SOOC)cc1.CC[C@]1(C)OC2(OC3C(O)OC(CO)C(O)C3O2)C(OC(C)C)=C1c1ccc(SOOC)cc1.CC[C@]1(C)OC2(OC3OC(CO)C(O)C(O)C3O2)C(OC(C)C)=C1c1ccc(SOOC)cc1.CC[C@]1(C)OC2(OCC3OC(O)C(O)C(O)C3O2)C(OC(C)C)=C1c1ccc(SOOC)cc1. The third kappa shape index (κ3) is 22.0. The van der Waals surface area contributed by atoms with Crippen LogP contribution in [0.2, 0.25) is 0 Å². The summed E-state index contributed by atoms with van der Waals surface area (Å²) in [6, 6.07) is 30.4. The van der Waals surface area contributed by atoms with Crippen molar-refractivity contribution in [1.82, 2.24) is 0 Å². The average molecular weight is 2000 g/mol. The summed E-state index contributed by atoms with van der Waals surface area (Å²) >= 11 is 4.34. The zero-order valence-corrected chi connectivity index (χ0v) is 82.4. The van der Waals surface area contributed by atoms with Gasteiger partial charge in [-0.25, -0.2) is 19.6 Å². The van der Waals surface area contributed by atoms with Crippen molar-refractivity contribution in [2.45, 2.75) is 350 Å². The standard InChI is InChI=1S/4C23H32O10S/c1-6-22(4)16(13-7-9-14(10-8-13)34-33-27-5)20(29-12(2)3)23(32-22)28-11-15-19(31-23)17(24)18(25)21(26)30-15;1-6-22(4)16(13-7-9-14(10-8-13)34-33-27-5)20(28-12(2)3)23(32-22)30-18-15(11-24)29-21(26)17(25)19(18)31-23;1-6-22(4)16(13-7-9-14(10-8-13)34-33-27-5)20(28-12(2)3)23(32-22)30-18-17(25)15(11-24)29-21(26)19(18)31-23;1-6-22(4)16(13-7-9-14(10-8-13)34-33-27-5)20(28-12(2)3)23(32-22)30-19-18(26)17(25)15(11-24)29-21(19)31-23/h4*7-10,12,15,17-19,21,24-26H,6,11H2,1-5H3/t4*15?,17?,18?,19?,21?,22-,23?/m0000/s1. The van der Waals surface area contributed by atoms with Gasteiger partial charge in [-0.2, -0.15) is 17.3 Å². The smallest absolute Gasteiger partial charge is 0.349 e. The molecule has 0 aliphatic carbocycles. The van der Waals surface area contributed by atoms with Gasteiger partial charge >= 0.3 is 23.9 Å². The Hall–Kier alpha value is -5.00. The fraction of sp³-hybridized carbons (Fsp3) is 0.652. The van der Waals surface area contributed by atoms with Crippen molar-refractivity contribution in [3.05, 3.63) is 142 Å². The molecule has 12 heterocycles. The van der Waals surface area contributed by atoms with Crippen LogP contribution in [0.5, 0.6) is 0 Å². The van der Waals surface area contributed by atoms with Crippen molar-refractivity contribution in [1.29, 1.82) is 0 Å². The number of hydrogen-bond donors (Lipinski definition) is 12. The summed E-state index contributed by atoms with van der Waals surface area (Å²) in [5.74, 6) is -5.84. The maximum absolute atomic E-state index is 10.7. The zero-order chi connectivity index (χ0) is 98.7. The Morgan fingerprint density at radius 3 is 0.963 bits per heavy atom. The van der Waals surface area contributed by atoms with Crippen LogP contribution in [-0.2, 0) is 132 Å². The van der Waals surface area contributed by atoms with Crippen molar-refractivity contribution in [2.24, 2.45) is 0 Å². The second kappa shape index (κ2) is 45.1. The van der Waals surface area contributed by atoms with Gasteiger partial charge in [0.15, 0.2) is 48.2 Å². The maximum atomic E-state index is 10.7. The topological polar surface area (TPSA) is 501 Å². The largest absolute Gasteiger partial charge is 0.487 e. The summed E-state index contributed by atoms with van der Waals surface area (Å²) in [6.45, 7) is 29.1. The van der Waals surface area contributed by atoms with Crippen LogP contribution in [0.25, 0.3) is 22.3 Å². The van der Waals surface area contributed by atoms with E-state index in [4.69, 9.17) is 112 Å². The molecular weight excluding hydrogens is 1870 g/mol. The fourth-order valence-electron chi connectivity index (χ4n) is 17.7. The Morgan fingerprint density at radius 1 is 0.316 bits per heavy atom. The lowest BCUT2D eigenvalue weighted by Crippen LogP contribution is -2.66. The average Bonchev–Trinajstić information content (AvgIpc) is 1.80. The van der Waals surface area contributed by atoms with Crippen molar-refractivity contribution in [3.8, 4) is 0 Å². The molecule has 136 heavy (non-hydrogen) atoms. The van der Waals surface area contributed by atoms with Crippen LogP contribution in [0.15, 0.2) is 140 Å². The van der Waals surface area contributed by atoms with E-state index in [9.17, 15) is 61.3 Å². The lowest BCUT2D eigenvalue weighted by Gasteiger charge is -2.48. The molecule has 8 saturated heterocycles. The number of rotatable bonds is 31. The summed E-state index contributed by atoms with van der Waals surface area (Å²) in [5.41, 5.74) is 2.82. The monoisotopic (exact) mass is 2000 g/mol. The molecule has 40 nitrogen and oxygen atoms in total. The molecule has 760 valence electrons. The van der Waals surface area contributed by atoms with Gasteiger partial charge in [-0.3, -0.25) is 4.74 Å². The highest BCUT2D eigenvalue weighted by atomic mass is 32.2. The maximum Gasteiger partial charge on any atom is 0.349 e. The molecule has 24 unspecified atom stereocenters. The molecule has 44 heteroatoms. The van der Waals surface area contributed by atoms with Crippen molar-refractivity contribution < 1.29 is 193 Å². The van der Waals surface area contributed by atoms with E-state index < -0.39 is 189 Å². The predicted octanol–water partition coefficient (Wildman–Crippen LogP) is 8.46. The lowest BCUT2D eigenvalue weighted by molar-refractivity contribution is -0.456. The summed E-state index contributed by atoms with van der Waals surface area (Å²) in [7, 11) is 5.74. The first-order valence-corrected chi connectivity index (χ1v) is 48.0. The van der Waals surface area contributed by atoms with E-state index in [-0.39, 0.29) is 31.0 Å². The number of aliphatic hydroxyl groups excluding tert-OH is 12. The van der Waals surface area contributed by atoms with E-state index in [1.54, 1.807) is 0 Å². The summed E-state index contributed by atoms with van der Waals surface area (Å²) in [4.78, 5) is 21.9. The molecule has 0 amide bonds. The number of fused-ring (bicyclic) bond motifs is 4. The summed E-state index contributed by atoms with van der Waals surface area (Å²) in [5, 5.41) is 122. The Morgan fingerprint density at radius 2 is 0.610 bits per heavy atom. The Balaban J connectivity index is 0.000000153. The summed E-state index contributed by atoms with van der Waals surface area (Å²) in [6.07, 6.45) is -22.3. The van der Waals surface area contributed by atoms with Crippen LogP contribution in [-0.4, -0.2) is 310 Å². The minimum atomic E-state index is -1.80. The van der Waals surface area contributed by atoms with Crippen molar-refractivity contribution in [2.75, 3.05) is 54.9 Å². The molecule has 8 fully saturated rings. The minimum absolute atomic E-state index is 0.0481. The van der Waals surface area contributed by atoms with Gasteiger partial charge in [0.05, 0.1) is 127 Å². The molecule has 12 aliphatic heterocycles. The molecule has 4 spiro atoms. The van der Waals surface area contributed by atoms with Gasteiger partial charge in [-0.1, -0.05) is 76.2 Å². The van der Waals surface area contributed by atoms with E-state index in [0.29, 0.717) is 48.7 Å². The highest BCUT2D eigenvalue weighted by Crippen LogP contribution is 2.61. The van der Waals surface area contributed by atoms with Gasteiger partial charge in [-0.15, -0.1) is 0 Å². The van der Waals surface area contributed by atoms with E-state index in [0.717, 1.165) is 112 Å². The molecule has 0 saturated carbocycles. The number of aliphatic hydroxyl groups is 12. The Bertz CT molecular complexity index is 4620. The van der Waals surface area contributed by atoms with Gasteiger partial charge in [-0.05, 0) is 180 Å². The van der Waals surface area contributed by atoms with Gasteiger partial charge in [0.1, 0.15) is 120 Å². The molecule has 0 bridgehead atoms. The van der Waals surface area contributed by atoms with Crippen LogP contribution in [0.4, 0.5) is 0 Å². The molecule has 12 aliphatic rings. The normalized spacial score (nSPS) is 37.7. The lowest BCUT2D eigenvalue weighted by atomic mass is 9.88. The van der Waals surface area contributed by atoms with Crippen molar-refractivity contribution in [3.63, 3.8) is 0 Å². The van der Waals surface area contributed by atoms with Crippen LogP contribution in [0, 0.1) is 0 Å². The van der Waals surface area contributed by atoms with Gasteiger partial charge in [0.2, 0.25) is 0 Å². The quantitative estimate of drug-likeness (QED) is 0.0128. The number of ether oxygens (including phenoxy) is 20. The minimum Gasteiger partial charge on any atom is -0.487 e. The molecule has 12 N–H and O–H groups in total. The molecule has 16 rings (SSSR count). The molecule has 0 aromatic heterocycles. The van der Waals surface area contributed by atoms with E-state index in [2.05, 4.69) is 19.6 Å². The van der Waals surface area contributed by atoms with Crippen LogP contribution in [0.1, 0.15) is 159 Å². The van der Waals surface area contributed by atoms with Gasteiger partial charge in [0.25, 0.3) is 0 Å². The van der Waals surface area contributed by atoms with Gasteiger partial charge in [0, 0.05) is 41.9 Å². The number of benzene rings is 4. The van der Waals surface area contributed by atoms with E-state index in [1.807, 2.05) is 208 Å². The van der Waals surface area contributed by atoms with Crippen LogP contribution in [0.3, 0.4) is 0 Å². The first-order valence-electron chi connectivity index (χ1n) is 45.0. The Kier molecular flexibility index (Phi) is 35.9. The highest BCUT2D eigenvalue weighted by molar-refractivity contribution is 7.95. The predicted molar refractivity (Wildman–Crippen MR) is 479 cm³/mol. The number of hydrogen-bond acceptors (Lipinski definition) is 44. The van der Waals surface area contributed by atoms with Crippen molar-refractivity contribution >= 4 is 70.5 Å². The van der Waals surface area contributed by atoms with E-state index >= 15 is 0 Å². The van der Waals surface area contributed by atoms with E-state index in [1.165, 1.54) is 28.4 Å². The highest BCUT2D eigenvalue weighted by Gasteiger charge is 2.72. The molecule has 4 aromatic carbocycles. The first kappa shape index (κ1) is 108.